The van der Waals surface area contributed by atoms with Gasteiger partial charge >= 0.3 is 5.97 Å². The number of rotatable bonds is 3. The van der Waals surface area contributed by atoms with Gasteiger partial charge in [-0.25, -0.2) is 9.78 Å². The summed E-state index contributed by atoms with van der Waals surface area (Å²) in [7, 11) is 0. The van der Waals surface area contributed by atoms with E-state index in [9.17, 15) is 4.79 Å². The summed E-state index contributed by atoms with van der Waals surface area (Å²) in [6.07, 6.45) is 4.44. The molecule has 0 spiro atoms. The van der Waals surface area contributed by atoms with Crippen LogP contribution < -0.4 is 5.32 Å². The van der Waals surface area contributed by atoms with E-state index < -0.39 is 5.97 Å². The van der Waals surface area contributed by atoms with E-state index in [1.807, 2.05) is 0 Å². The van der Waals surface area contributed by atoms with Crippen molar-refractivity contribution in [3.8, 4) is 0 Å². The van der Waals surface area contributed by atoms with Crippen LogP contribution >= 0.6 is 11.3 Å². The Balaban J connectivity index is 1.94. The molecule has 2 heterocycles. The fourth-order valence-corrected chi connectivity index (χ4v) is 3.28. The van der Waals surface area contributed by atoms with Gasteiger partial charge in [0.15, 0.2) is 0 Å². The van der Waals surface area contributed by atoms with E-state index in [1.54, 1.807) is 0 Å². The van der Waals surface area contributed by atoms with E-state index in [-0.39, 0.29) is 6.04 Å². The molecule has 1 atom stereocenters. The number of thiazole rings is 1. The molecule has 1 aliphatic carbocycles. The second kappa shape index (κ2) is 3.82. The minimum atomic E-state index is -0.816. The number of carboxylic acid groups (broad SMARTS) is 1. The maximum atomic E-state index is 11.1. The second-order valence-corrected chi connectivity index (χ2v) is 5.53. The molecule has 1 unspecified atom stereocenters. The molecule has 86 valence electrons. The maximum Gasteiger partial charge on any atom is 0.347 e. The highest BCUT2D eigenvalue weighted by atomic mass is 32.1. The highest BCUT2D eigenvalue weighted by Gasteiger charge is 2.33. The van der Waals surface area contributed by atoms with Crippen LogP contribution in [0, 0.1) is 0 Å². The molecular formula is C11H14N2O2S. The monoisotopic (exact) mass is 238 g/mol. The van der Waals surface area contributed by atoms with Crippen molar-refractivity contribution in [2.24, 2.45) is 0 Å². The SMILES string of the molecule is O=C(O)c1sc(C2CCCN2)nc1C1CC1. The summed E-state index contributed by atoms with van der Waals surface area (Å²) < 4.78 is 0. The van der Waals surface area contributed by atoms with Crippen molar-refractivity contribution in [3.63, 3.8) is 0 Å². The van der Waals surface area contributed by atoms with E-state index in [0.29, 0.717) is 10.8 Å². The van der Waals surface area contributed by atoms with Crippen LogP contribution in [0.25, 0.3) is 0 Å². The Kier molecular flexibility index (Phi) is 2.44. The number of hydrogen-bond acceptors (Lipinski definition) is 4. The van der Waals surface area contributed by atoms with Crippen LogP contribution in [0.4, 0.5) is 0 Å². The van der Waals surface area contributed by atoms with E-state index in [0.717, 1.165) is 42.9 Å². The van der Waals surface area contributed by atoms with Crippen LogP contribution in [0.2, 0.25) is 0 Å². The highest BCUT2D eigenvalue weighted by molar-refractivity contribution is 7.13. The van der Waals surface area contributed by atoms with Gasteiger partial charge in [0, 0.05) is 5.92 Å². The molecule has 5 heteroatoms. The fraction of sp³-hybridized carbons (Fsp3) is 0.636. The van der Waals surface area contributed by atoms with Crippen LogP contribution in [0.1, 0.15) is 58.0 Å². The Hall–Kier alpha value is -0.940. The average Bonchev–Trinajstić information content (AvgIpc) is 2.83. The van der Waals surface area contributed by atoms with E-state index in [4.69, 9.17) is 5.11 Å². The molecule has 2 fully saturated rings. The van der Waals surface area contributed by atoms with E-state index in [1.165, 1.54) is 11.3 Å². The largest absolute Gasteiger partial charge is 0.477 e. The minimum Gasteiger partial charge on any atom is -0.477 e. The van der Waals surface area contributed by atoms with Crippen molar-refractivity contribution in [1.29, 1.82) is 0 Å². The zero-order valence-corrected chi connectivity index (χ0v) is 9.72. The number of aromatic nitrogens is 1. The van der Waals surface area contributed by atoms with Crippen LogP contribution in [0.15, 0.2) is 0 Å². The lowest BCUT2D eigenvalue weighted by molar-refractivity contribution is 0.0700. The van der Waals surface area contributed by atoms with Crippen LogP contribution in [-0.2, 0) is 0 Å². The lowest BCUT2D eigenvalue weighted by Crippen LogP contribution is -2.12. The third-order valence-electron chi connectivity index (χ3n) is 3.19. The van der Waals surface area contributed by atoms with Gasteiger partial charge in [0.2, 0.25) is 0 Å². The summed E-state index contributed by atoms with van der Waals surface area (Å²) in [5, 5.41) is 13.5. The number of aromatic carboxylic acids is 1. The summed E-state index contributed by atoms with van der Waals surface area (Å²) in [4.78, 5) is 16.1. The molecule has 1 saturated heterocycles. The van der Waals surface area contributed by atoms with Gasteiger partial charge in [0.25, 0.3) is 0 Å². The van der Waals surface area contributed by atoms with Crippen molar-refractivity contribution in [3.05, 3.63) is 15.6 Å². The standard InChI is InChI=1S/C11H14N2O2S/c14-11(15)9-8(6-3-4-6)13-10(16-9)7-2-1-5-12-7/h6-7,12H,1-5H2,(H,14,15). The number of carbonyl (C=O) groups is 1. The van der Waals surface area contributed by atoms with Gasteiger partial charge in [-0.2, -0.15) is 0 Å². The number of carboxylic acids is 1. The lowest BCUT2D eigenvalue weighted by Gasteiger charge is -2.04. The first-order chi connectivity index (χ1) is 7.75. The number of hydrogen-bond donors (Lipinski definition) is 2. The van der Waals surface area contributed by atoms with E-state index in [2.05, 4.69) is 10.3 Å². The van der Waals surface area contributed by atoms with Crippen LogP contribution in [0.5, 0.6) is 0 Å². The summed E-state index contributed by atoms with van der Waals surface area (Å²) >= 11 is 1.36. The summed E-state index contributed by atoms with van der Waals surface area (Å²) in [5.41, 5.74) is 0.834. The predicted octanol–water partition coefficient (Wildman–Crippen LogP) is 2.14. The van der Waals surface area contributed by atoms with Crippen molar-refractivity contribution < 1.29 is 9.90 Å². The Morgan fingerprint density at radius 3 is 2.81 bits per heavy atom. The molecule has 16 heavy (non-hydrogen) atoms. The Morgan fingerprint density at radius 1 is 1.44 bits per heavy atom. The summed E-state index contributed by atoms with van der Waals surface area (Å²) in [5.74, 6) is -0.402. The van der Waals surface area contributed by atoms with Gasteiger partial charge < -0.3 is 10.4 Å². The zero-order chi connectivity index (χ0) is 11.1. The Bertz CT molecular complexity index is 420. The fourth-order valence-electron chi connectivity index (χ4n) is 2.18. The molecule has 3 rings (SSSR count). The summed E-state index contributed by atoms with van der Waals surface area (Å²) in [6, 6.07) is 0.288. The van der Waals surface area contributed by atoms with Gasteiger partial charge in [-0.15, -0.1) is 11.3 Å². The number of nitrogens with one attached hydrogen (secondary N) is 1. The third-order valence-corrected chi connectivity index (χ3v) is 4.36. The molecule has 2 aliphatic rings. The average molecular weight is 238 g/mol. The zero-order valence-electron chi connectivity index (χ0n) is 8.90. The predicted molar refractivity (Wildman–Crippen MR) is 61.0 cm³/mol. The highest BCUT2D eigenvalue weighted by Crippen LogP contribution is 2.43. The normalized spacial score (nSPS) is 24.9. The molecular weight excluding hydrogens is 224 g/mol. The molecule has 1 saturated carbocycles. The molecule has 0 aromatic carbocycles. The first kappa shape index (κ1) is 10.2. The maximum absolute atomic E-state index is 11.1. The lowest BCUT2D eigenvalue weighted by atomic mass is 10.2. The molecule has 1 aromatic heterocycles. The van der Waals surface area contributed by atoms with Crippen molar-refractivity contribution in [1.82, 2.24) is 10.3 Å². The first-order valence-electron chi connectivity index (χ1n) is 5.73. The third kappa shape index (κ3) is 1.74. The molecule has 0 radical (unpaired) electrons. The smallest absolute Gasteiger partial charge is 0.347 e. The Morgan fingerprint density at radius 2 is 2.25 bits per heavy atom. The second-order valence-electron chi connectivity index (χ2n) is 4.49. The Labute approximate surface area is 97.7 Å². The van der Waals surface area contributed by atoms with Crippen molar-refractivity contribution >= 4 is 17.3 Å². The van der Waals surface area contributed by atoms with Gasteiger partial charge in [-0.05, 0) is 32.2 Å². The van der Waals surface area contributed by atoms with Gasteiger partial charge in [-0.3, -0.25) is 0 Å². The topological polar surface area (TPSA) is 62.2 Å². The van der Waals surface area contributed by atoms with Crippen molar-refractivity contribution in [2.75, 3.05) is 6.54 Å². The van der Waals surface area contributed by atoms with Crippen molar-refractivity contribution in [2.45, 2.75) is 37.6 Å². The molecule has 0 amide bonds. The molecule has 4 nitrogen and oxygen atoms in total. The van der Waals surface area contributed by atoms with Gasteiger partial charge in [-0.1, -0.05) is 0 Å². The molecule has 1 aliphatic heterocycles. The van der Waals surface area contributed by atoms with Gasteiger partial charge in [0.05, 0.1) is 11.7 Å². The van der Waals surface area contributed by atoms with Gasteiger partial charge in [0.1, 0.15) is 9.88 Å². The minimum absolute atomic E-state index is 0.288. The van der Waals surface area contributed by atoms with Crippen LogP contribution in [0.3, 0.4) is 0 Å². The first-order valence-corrected chi connectivity index (χ1v) is 6.54. The summed E-state index contributed by atoms with van der Waals surface area (Å²) in [6.45, 7) is 1.02. The molecule has 1 aromatic rings. The van der Waals surface area contributed by atoms with Crippen LogP contribution in [-0.4, -0.2) is 22.6 Å². The molecule has 0 bridgehead atoms. The number of nitrogens with zero attached hydrogens (tertiary/aromatic N) is 1. The quantitative estimate of drug-likeness (QED) is 0.847. The molecule has 2 N–H and O–H groups in total. The van der Waals surface area contributed by atoms with E-state index >= 15 is 0 Å².